The van der Waals surface area contributed by atoms with E-state index in [1.54, 1.807) is 0 Å². The van der Waals surface area contributed by atoms with Crippen LogP contribution < -0.4 is 16.4 Å². The van der Waals surface area contributed by atoms with Crippen molar-refractivity contribution in [3.8, 4) is 0 Å². The number of hydrogen-bond acceptors (Lipinski definition) is 5. The summed E-state index contributed by atoms with van der Waals surface area (Å²) in [5.74, 6) is -2.75. The molecule has 5 atom stereocenters. The first-order chi connectivity index (χ1) is 12.1. The van der Waals surface area contributed by atoms with Crippen LogP contribution >= 0.6 is 0 Å². The predicted molar refractivity (Wildman–Crippen MR) is 82.4 cm³/mol. The molecule has 3 unspecified atom stereocenters. The fourth-order valence-electron chi connectivity index (χ4n) is 4.75. The van der Waals surface area contributed by atoms with Crippen molar-refractivity contribution < 1.29 is 32.3 Å². The van der Waals surface area contributed by atoms with E-state index in [2.05, 4.69) is 15.4 Å². The molecular formula is C16H22F3N3O4. The summed E-state index contributed by atoms with van der Waals surface area (Å²) >= 11 is 0. The maximum Gasteiger partial charge on any atom is 0.522 e. The maximum absolute atomic E-state index is 12.6. The van der Waals surface area contributed by atoms with Crippen molar-refractivity contribution in [1.29, 1.82) is 0 Å². The number of piperidine rings is 1. The average molecular weight is 377 g/mol. The summed E-state index contributed by atoms with van der Waals surface area (Å²) in [5.41, 5.74) is 4.59. The molecule has 7 nitrogen and oxygen atoms in total. The number of carbonyl (C=O) groups excluding carboxylic acids is 3. The minimum atomic E-state index is -4.90. The highest BCUT2D eigenvalue weighted by Gasteiger charge is 2.57. The van der Waals surface area contributed by atoms with Crippen molar-refractivity contribution in [2.24, 2.45) is 23.5 Å². The Kier molecular flexibility index (Phi) is 5.00. The van der Waals surface area contributed by atoms with Crippen molar-refractivity contribution in [3.05, 3.63) is 0 Å². The molecule has 10 heteroatoms. The second-order valence-electron chi connectivity index (χ2n) is 7.45. The minimum absolute atomic E-state index is 0.0382. The van der Waals surface area contributed by atoms with Crippen LogP contribution in [0.15, 0.2) is 0 Å². The highest BCUT2D eigenvalue weighted by molar-refractivity contribution is 5.87. The van der Waals surface area contributed by atoms with E-state index < -0.39 is 48.1 Å². The molecule has 0 radical (unpaired) electrons. The number of hydrogen-bond donors (Lipinski definition) is 3. The van der Waals surface area contributed by atoms with Crippen LogP contribution in [0.1, 0.15) is 32.1 Å². The van der Waals surface area contributed by atoms with E-state index in [9.17, 15) is 27.6 Å². The SMILES string of the molecule is NC(=O)C1NC2([C@H](C[C@H]3CCNC3=O)C(=O)COC(F)(F)F)CCC1C2. The van der Waals surface area contributed by atoms with Crippen LogP contribution in [-0.4, -0.2) is 48.7 Å². The van der Waals surface area contributed by atoms with Crippen LogP contribution in [0.4, 0.5) is 13.2 Å². The zero-order valence-electron chi connectivity index (χ0n) is 14.1. The Balaban J connectivity index is 1.79. The average Bonchev–Trinajstić information content (AvgIpc) is 3.24. The summed E-state index contributed by atoms with van der Waals surface area (Å²) < 4.78 is 40.8. The molecule has 2 heterocycles. The van der Waals surface area contributed by atoms with Crippen molar-refractivity contribution in [2.75, 3.05) is 13.2 Å². The summed E-state index contributed by atoms with van der Waals surface area (Å²) in [6.07, 6.45) is -2.53. The summed E-state index contributed by atoms with van der Waals surface area (Å²) in [4.78, 5) is 36.1. The lowest BCUT2D eigenvalue weighted by Gasteiger charge is -2.38. The van der Waals surface area contributed by atoms with Gasteiger partial charge in [0.1, 0.15) is 6.61 Å². The lowest BCUT2D eigenvalue weighted by molar-refractivity contribution is -0.321. The van der Waals surface area contributed by atoms with Gasteiger partial charge in [0.2, 0.25) is 11.8 Å². The van der Waals surface area contributed by atoms with Gasteiger partial charge in [0.25, 0.3) is 0 Å². The number of alkyl halides is 3. The number of primary amides is 1. The molecule has 0 aromatic heterocycles. The number of Topliss-reactive ketones (excluding diaryl/α,β-unsaturated/α-hetero) is 1. The van der Waals surface area contributed by atoms with E-state index in [0.717, 1.165) is 0 Å². The normalized spacial score (nSPS) is 34.7. The Morgan fingerprint density at radius 3 is 2.62 bits per heavy atom. The van der Waals surface area contributed by atoms with Gasteiger partial charge in [0, 0.05) is 23.9 Å². The Bertz CT molecular complexity index is 612. The van der Waals surface area contributed by atoms with Crippen LogP contribution in [0.2, 0.25) is 0 Å². The predicted octanol–water partition coefficient (Wildman–Crippen LogP) is 0.230. The highest BCUT2D eigenvalue weighted by atomic mass is 19.4. The van der Waals surface area contributed by atoms with Gasteiger partial charge in [0.05, 0.1) is 6.04 Å². The molecule has 4 N–H and O–H groups in total. The van der Waals surface area contributed by atoms with Crippen molar-refractivity contribution in [2.45, 2.75) is 50.0 Å². The van der Waals surface area contributed by atoms with Gasteiger partial charge in [-0.2, -0.15) is 0 Å². The highest BCUT2D eigenvalue weighted by Crippen LogP contribution is 2.49. The number of nitrogens with one attached hydrogen (secondary N) is 2. The van der Waals surface area contributed by atoms with Crippen LogP contribution in [0, 0.1) is 17.8 Å². The van der Waals surface area contributed by atoms with Gasteiger partial charge in [-0.1, -0.05) is 0 Å². The number of ether oxygens (including phenoxy) is 1. The Morgan fingerprint density at radius 2 is 2.08 bits per heavy atom. The van der Waals surface area contributed by atoms with E-state index >= 15 is 0 Å². The second-order valence-corrected chi connectivity index (χ2v) is 7.45. The molecule has 1 aliphatic carbocycles. The van der Waals surface area contributed by atoms with Gasteiger partial charge in [-0.3, -0.25) is 24.4 Å². The van der Waals surface area contributed by atoms with Gasteiger partial charge >= 0.3 is 6.36 Å². The summed E-state index contributed by atoms with van der Waals surface area (Å²) in [5, 5.41) is 5.78. The summed E-state index contributed by atoms with van der Waals surface area (Å²) in [6.45, 7) is -0.617. The topological polar surface area (TPSA) is 111 Å². The minimum Gasteiger partial charge on any atom is -0.368 e. The molecule has 0 spiro atoms. The summed E-state index contributed by atoms with van der Waals surface area (Å²) in [6, 6.07) is -0.597. The maximum atomic E-state index is 12.6. The molecule has 146 valence electrons. The third-order valence-corrected chi connectivity index (χ3v) is 5.93. The van der Waals surface area contributed by atoms with E-state index in [0.29, 0.717) is 32.2 Å². The van der Waals surface area contributed by atoms with Gasteiger partial charge in [-0.05, 0) is 38.0 Å². The number of amides is 2. The second kappa shape index (κ2) is 6.80. The van der Waals surface area contributed by atoms with Gasteiger partial charge < -0.3 is 11.1 Å². The zero-order valence-corrected chi connectivity index (χ0v) is 14.1. The number of ketones is 1. The molecule has 2 aliphatic heterocycles. The number of carbonyl (C=O) groups is 3. The molecule has 2 bridgehead atoms. The Labute approximate surface area is 148 Å². The van der Waals surface area contributed by atoms with Crippen molar-refractivity contribution >= 4 is 17.6 Å². The van der Waals surface area contributed by atoms with Crippen LogP contribution in [0.5, 0.6) is 0 Å². The quantitative estimate of drug-likeness (QED) is 0.588. The number of halogens is 3. The van der Waals surface area contributed by atoms with Crippen LogP contribution in [0.3, 0.4) is 0 Å². The zero-order chi connectivity index (χ0) is 19.1. The van der Waals surface area contributed by atoms with Gasteiger partial charge in [-0.25, -0.2) is 0 Å². The van der Waals surface area contributed by atoms with Crippen molar-refractivity contribution in [1.82, 2.24) is 10.6 Å². The molecule has 2 saturated heterocycles. The molecular weight excluding hydrogens is 355 g/mol. The number of rotatable bonds is 7. The smallest absolute Gasteiger partial charge is 0.368 e. The molecule has 3 aliphatic rings. The first kappa shape index (κ1) is 19.1. The Hall–Kier alpha value is -1.68. The standard InChI is InChI=1S/C16H22F3N3O4/c17-16(18,19)26-7-11(23)10(5-8-2-4-21-14(8)25)15-3-1-9(6-15)12(22-15)13(20)24/h8-10,12,22H,1-7H2,(H2,20,24)(H,21,25)/t8-,9?,10-,12?,15?/m1/s1. The fourth-order valence-corrected chi connectivity index (χ4v) is 4.75. The number of fused-ring (bicyclic) bond motifs is 2. The third-order valence-electron chi connectivity index (χ3n) is 5.93. The molecule has 1 saturated carbocycles. The van der Waals surface area contributed by atoms with Crippen LogP contribution in [-0.2, 0) is 19.1 Å². The van der Waals surface area contributed by atoms with E-state index in [1.807, 2.05) is 0 Å². The van der Waals surface area contributed by atoms with E-state index in [1.165, 1.54) is 0 Å². The molecule has 3 rings (SSSR count). The third kappa shape index (κ3) is 3.71. The Morgan fingerprint density at radius 1 is 1.35 bits per heavy atom. The molecule has 3 fully saturated rings. The van der Waals surface area contributed by atoms with E-state index in [4.69, 9.17) is 5.73 Å². The molecule has 2 amide bonds. The molecule has 0 aromatic rings. The largest absolute Gasteiger partial charge is 0.522 e. The van der Waals surface area contributed by atoms with Gasteiger partial charge in [0.15, 0.2) is 5.78 Å². The van der Waals surface area contributed by atoms with E-state index in [-0.39, 0.29) is 18.2 Å². The number of nitrogens with two attached hydrogens (primary N) is 1. The lowest BCUT2D eigenvalue weighted by atomic mass is 9.75. The molecule has 0 aromatic carbocycles. The molecule has 26 heavy (non-hydrogen) atoms. The van der Waals surface area contributed by atoms with Gasteiger partial charge in [-0.15, -0.1) is 13.2 Å². The summed E-state index contributed by atoms with van der Waals surface area (Å²) in [7, 11) is 0. The monoisotopic (exact) mass is 377 g/mol. The lowest BCUT2D eigenvalue weighted by Crippen LogP contribution is -2.57. The fraction of sp³-hybridized carbons (Fsp3) is 0.812. The first-order valence-electron chi connectivity index (χ1n) is 8.69. The first-order valence-corrected chi connectivity index (χ1v) is 8.69. The van der Waals surface area contributed by atoms with Crippen LogP contribution in [0.25, 0.3) is 0 Å². The van der Waals surface area contributed by atoms with Crippen molar-refractivity contribution in [3.63, 3.8) is 0 Å².